The van der Waals surface area contributed by atoms with E-state index in [4.69, 9.17) is 5.73 Å². The van der Waals surface area contributed by atoms with Crippen molar-refractivity contribution in [1.82, 2.24) is 4.90 Å². The number of hydrogen-bond acceptors (Lipinski definition) is 4. The van der Waals surface area contributed by atoms with Gasteiger partial charge >= 0.3 is 0 Å². The van der Waals surface area contributed by atoms with Crippen LogP contribution in [0.3, 0.4) is 0 Å². The zero-order valence-electron chi connectivity index (χ0n) is 8.23. The number of rotatable bonds is 3. The summed E-state index contributed by atoms with van der Waals surface area (Å²) < 4.78 is 0. The first-order valence-corrected chi connectivity index (χ1v) is 4.18. The number of anilines is 1. The van der Waals surface area contributed by atoms with Crippen LogP contribution in [0.15, 0.2) is 18.2 Å². The van der Waals surface area contributed by atoms with Crippen LogP contribution in [0, 0.1) is 10.1 Å². The Morgan fingerprint density at radius 2 is 2.14 bits per heavy atom. The van der Waals surface area contributed by atoms with E-state index in [2.05, 4.69) is 0 Å². The van der Waals surface area contributed by atoms with Crippen molar-refractivity contribution in [3.8, 4) is 0 Å². The van der Waals surface area contributed by atoms with Crippen LogP contribution in [0.4, 0.5) is 11.4 Å². The second-order valence-corrected chi connectivity index (χ2v) is 3.38. The molecule has 0 radical (unpaired) electrons. The third kappa shape index (κ3) is 2.43. The highest BCUT2D eigenvalue weighted by Crippen LogP contribution is 2.20. The van der Waals surface area contributed by atoms with Gasteiger partial charge in [0.2, 0.25) is 0 Å². The summed E-state index contributed by atoms with van der Waals surface area (Å²) in [6, 6.07) is 4.49. The molecule has 0 saturated carbocycles. The van der Waals surface area contributed by atoms with Gasteiger partial charge in [-0.1, -0.05) is 0 Å². The Hall–Kier alpha value is -1.62. The highest BCUT2D eigenvalue weighted by molar-refractivity contribution is 5.52. The number of nitro groups is 1. The van der Waals surface area contributed by atoms with Crippen molar-refractivity contribution in [2.45, 2.75) is 6.54 Å². The monoisotopic (exact) mass is 195 g/mol. The summed E-state index contributed by atoms with van der Waals surface area (Å²) in [4.78, 5) is 12.0. The van der Waals surface area contributed by atoms with Crippen LogP contribution in [0.1, 0.15) is 5.56 Å². The van der Waals surface area contributed by atoms with E-state index in [0.717, 1.165) is 5.56 Å². The number of nitrogens with two attached hydrogens (primary N) is 1. The smallest absolute Gasteiger partial charge is 0.269 e. The van der Waals surface area contributed by atoms with Gasteiger partial charge in [0, 0.05) is 24.4 Å². The molecule has 0 fully saturated rings. The van der Waals surface area contributed by atoms with Crippen LogP contribution < -0.4 is 5.73 Å². The number of hydrogen-bond donors (Lipinski definition) is 1. The first-order chi connectivity index (χ1) is 6.50. The Kier molecular flexibility index (Phi) is 3.03. The quantitative estimate of drug-likeness (QED) is 0.447. The second-order valence-electron chi connectivity index (χ2n) is 3.38. The molecule has 0 amide bonds. The van der Waals surface area contributed by atoms with E-state index in [1.165, 1.54) is 12.1 Å². The summed E-state index contributed by atoms with van der Waals surface area (Å²) in [5, 5.41) is 10.5. The van der Waals surface area contributed by atoms with Crippen molar-refractivity contribution < 1.29 is 4.92 Å². The van der Waals surface area contributed by atoms with E-state index in [-0.39, 0.29) is 5.69 Å². The zero-order valence-corrected chi connectivity index (χ0v) is 8.23. The zero-order chi connectivity index (χ0) is 10.7. The molecule has 0 heterocycles. The molecule has 0 aliphatic rings. The van der Waals surface area contributed by atoms with Crippen LogP contribution in [-0.2, 0) is 6.54 Å². The van der Waals surface area contributed by atoms with Gasteiger partial charge in [0.05, 0.1) is 4.92 Å². The summed E-state index contributed by atoms with van der Waals surface area (Å²) in [5.74, 6) is 0. The highest BCUT2D eigenvalue weighted by atomic mass is 16.6. The van der Waals surface area contributed by atoms with Gasteiger partial charge in [-0.3, -0.25) is 10.1 Å². The van der Waals surface area contributed by atoms with E-state index in [1.807, 2.05) is 19.0 Å². The van der Waals surface area contributed by atoms with Gasteiger partial charge in [-0.15, -0.1) is 0 Å². The van der Waals surface area contributed by atoms with Crippen LogP contribution >= 0.6 is 0 Å². The average Bonchev–Trinajstić information content (AvgIpc) is 2.07. The number of nitrogens with zero attached hydrogens (tertiary/aromatic N) is 2. The van der Waals surface area contributed by atoms with Crippen LogP contribution in [-0.4, -0.2) is 23.9 Å². The van der Waals surface area contributed by atoms with E-state index < -0.39 is 4.92 Å². The molecule has 0 spiro atoms. The third-order valence-electron chi connectivity index (χ3n) is 1.82. The van der Waals surface area contributed by atoms with Gasteiger partial charge in [-0.2, -0.15) is 0 Å². The number of benzene rings is 1. The minimum atomic E-state index is -0.418. The number of nitrogen functional groups attached to an aromatic ring is 1. The fourth-order valence-corrected chi connectivity index (χ4v) is 1.18. The topological polar surface area (TPSA) is 72.4 Å². The van der Waals surface area contributed by atoms with Gasteiger partial charge in [-0.05, 0) is 25.7 Å². The van der Waals surface area contributed by atoms with Crippen molar-refractivity contribution >= 4 is 11.4 Å². The SMILES string of the molecule is CN(C)Cc1cc([N+](=O)[O-])ccc1N. The van der Waals surface area contributed by atoms with Crippen LogP contribution in [0.25, 0.3) is 0 Å². The molecular formula is C9H13N3O2. The van der Waals surface area contributed by atoms with Crippen LogP contribution in [0.5, 0.6) is 0 Å². The van der Waals surface area contributed by atoms with Gasteiger partial charge in [0.25, 0.3) is 5.69 Å². The molecule has 0 aliphatic carbocycles. The molecule has 0 aromatic heterocycles. The average molecular weight is 195 g/mol. The molecule has 1 aromatic carbocycles. The molecule has 0 saturated heterocycles. The molecular weight excluding hydrogens is 182 g/mol. The first-order valence-electron chi connectivity index (χ1n) is 4.18. The molecule has 0 bridgehead atoms. The lowest BCUT2D eigenvalue weighted by Crippen LogP contribution is -2.12. The van der Waals surface area contributed by atoms with Gasteiger partial charge in [0.1, 0.15) is 0 Å². The molecule has 0 aliphatic heterocycles. The van der Waals surface area contributed by atoms with Crippen molar-refractivity contribution in [3.05, 3.63) is 33.9 Å². The predicted molar refractivity (Wildman–Crippen MR) is 54.9 cm³/mol. The fraction of sp³-hybridized carbons (Fsp3) is 0.333. The molecule has 2 N–H and O–H groups in total. The molecule has 0 atom stereocenters. The van der Waals surface area contributed by atoms with Gasteiger partial charge in [-0.25, -0.2) is 0 Å². The maximum Gasteiger partial charge on any atom is 0.269 e. The predicted octanol–water partition coefficient (Wildman–Crippen LogP) is 1.24. The molecule has 76 valence electrons. The van der Waals surface area contributed by atoms with E-state index in [1.54, 1.807) is 6.07 Å². The lowest BCUT2D eigenvalue weighted by atomic mass is 10.1. The van der Waals surface area contributed by atoms with Gasteiger partial charge in [0.15, 0.2) is 0 Å². The fourth-order valence-electron chi connectivity index (χ4n) is 1.18. The summed E-state index contributed by atoms with van der Waals surface area (Å²) >= 11 is 0. The molecule has 1 rings (SSSR count). The van der Waals surface area contributed by atoms with Crippen molar-refractivity contribution in [2.24, 2.45) is 0 Å². The molecule has 0 unspecified atom stereocenters. The number of nitro benzene ring substituents is 1. The highest BCUT2D eigenvalue weighted by Gasteiger charge is 2.09. The summed E-state index contributed by atoms with van der Waals surface area (Å²) in [7, 11) is 3.77. The number of non-ortho nitro benzene ring substituents is 1. The molecule has 5 heteroatoms. The Morgan fingerprint density at radius 1 is 1.50 bits per heavy atom. The normalized spacial score (nSPS) is 10.5. The molecule has 5 nitrogen and oxygen atoms in total. The summed E-state index contributed by atoms with van der Waals surface area (Å²) in [5.41, 5.74) is 7.14. The molecule has 1 aromatic rings. The van der Waals surface area contributed by atoms with Crippen molar-refractivity contribution in [3.63, 3.8) is 0 Å². The lowest BCUT2D eigenvalue weighted by Gasteiger charge is -2.11. The Morgan fingerprint density at radius 3 is 2.64 bits per heavy atom. The molecule has 14 heavy (non-hydrogen) atoms. The largest absolute Gasteiger partial charge is 0.398 e. The minimum absolute atomic E-state index is 0.0797. The van der Waals surface area contributed by atoms with Crippen molar-refractivity contribution in [2.75, 3.05) is 19.8 Å². The first kappa shape index (κ1) is 10.5. The van der Waals surface area contributed by atoms with Crippen molar-refractivity contribution in [1.29, 1.82) is 0 Å². The Labute approximate surface area is 82.3 Å². The Balaban J connectivity index is 3.02. The second kappa shape index (κ2) is 4.06. The standard InChI is InChI=1S/C9H13N3O2/c1-11(2)6-7-5-8(12(13)14)3-4-9(7)10/h3-5H,6,10H2,1-2H3. The third-order valence-corrected chi connectivity index (χ3v) is 1.82. The Bertz CT molecular complexity index is 350. The summed E-state index contributed by atoms with van der Waals surface area (Å²) in [6.07, 6.45) is 0. The maximum absolute atomic E-state index is 10.5. The van der Waals surface area contributed by atoms with Gasteiger partial charge < -0.3 is 10.6 Å². The maximum atomic E-state index is 10.5. The van der Waals surface area contributed by atoms with E-state index in [9.17, 15) is 10.1 Å². The minimum Gasteiger partial charge on any atom is -0.398 e. The van der Waals surface area contributed by atoms with Crippen LogP contribution in [0.2, 0.25) is 0 Å². The van der Waals surface area contributed by atoms with E-state index >= 15 is 0 Å². The van der Waals surface area contributed by atoms with E-state index in [0.29, 0.717) is 12.2 Å². The lowest BCUT2D eigenvalue weighted by molar-refractivity contribution is -0.384. The summed E-state index contributed by atoms with van der Waals surface area (Å²) in [6.45, 7) is 0.605.